The first-order chi connectivity index (χ1) is 8.18. The van der Waals surface area contributed by atoms with Crippen molar-refractivity contribution >= 4 is 33.1 Å². The predicted molar refractivity (Wildman–Crippen MR) is 77.6 cm³/mol. The molecule has 0 aliphatic heterocycles. The molecule has 90 valence electrons. The highest BCUT2D eigenvalue weighted by Gasteiger charge is 2.15. The summed E-state index contributed by atoms with van der Waals surface area (Å²) in [6, 6.07) is 8.65. The Morgan fingerprint density at radius 1 is 1.35 bits per heavy atom. The maximum Gasteiger partial charge on any atom is 0.143 e. The SMILES string of the molecule is CC(C)N(Cc1cccs1)c1ncccc1Br. The van der Waals surface area contributed by atoms with Gasteiger partial charge in [-0.25, -0.2) is 4.98 Å². The smallest absolute Gasteiger partial charge is 0.143 e. The molecule has 2 aromatic heterocycles. The summed E-state index contributed by atoms with van der Waals surface area (Å²) in [5.74, 6) is 1.01. The molecule has 0 saturated carbocycles. The normalized spacial score (nSPS) is 10.8. The van der Waals surface area contributed by atoms with Crippen LogP contribution in [-0.4, -0.2) is 11.0 Å². The van der Waals surface area contributed by atoms with E-state index in [2.05, 4.69) is 57.2 Å². The van der Waals surface area contributed by atoms with Gasteiger partial charge in [0.2, 0.25) is 0 Å². The van der Waals surface area contributed by atoms with Gasteiger partial charge in [-0.15, -0.1) is 11.3 Å². The molecule has 0 spiro atoms. The standard InChI is InChI=1S/C13H15BrN2S/c1-10(2)16(9-11-5-4-8-17-11)13-12(14)6-3-7-15-13/h3-8,10H,9H2,1-2H3. The van der Waals surface area contributed by atoms with E-state index in [1.165, 1.54) is 4.88 Å². The number of aromatic nitrogens is 1. The molecular weight excluding hydrogens is 296 g/mol. The number of rotatable bonds is 4. The largest absolute Gasteiger partial charge is 0.348 e. The number of hydrogen-bond donors (Lipinski definition) is 0. The first-order valence-electron chi connectivity index (χ1n) is 5.58. The zero-order valence-electron chi connectivity index (χ0n) is 9.93. The summed E-state index contributed by atoms with van der Waals surface area (Å²) in [7, 11) is 0. The lowest BCUT2D eigenvalue weighted by atomic mass is 10.3. The predicted octanol–water partition coefficient (Wildman–Crippen LogP) is 4.32. The number of halogens is 1. The van der Waals surface area contributed by atoms with Crippen LogP contribution in [0.2, 0.25) is 0 Å². The van der Waals surface area contributed by atoms with Crippen molar-refractivity contribution in [1.82, 2.24) is 4.98 Å². The van der Waals surface area contributed by atoms with Crippen molar-refractivity contribution in [3.63, 3.8) is 0 Å². The molecule has 0 N–H and O–H groups in total. The first-order valence-corrected chi connectivity index (χ1v) is 7.25. The van der Waals surface area contributed by atoms with Gasteiger partial charge in [-0.2, -0.15) is 0 Å². The van der Waals surface area contributed by atoms with Crippen LogP contribution >= 0.6 is 27.3 Å². The van der Waals surface area contributed by atoms with Crippen LogP contribution < -0.4 is 4.90 Å². The van der Waals surface area contributed by atoms with E-state index in [1.54, 1.807) is 11.3 Å². The fourth-order valence-corrected chi connectivity index (χ4v) is 2.85. The minimum Gasteiger partial charge on any atom is -0.348 e. The van der Waals surface area contributed by atoms with Crippen LogP contribution in [0.15, 0.2) is 40.3 Å². The van der Waals surface area contributed by atoms with Gasteiger partial charge >= 0.3 is 0 Å². The zero-order chi connectivity index (χ0) is 12.3. The second-order valence-electron chi connectivity index (χ2n) is 4.11. The number of pyridine rings is 1. The van der Waals surface area contributed by atoms with Crippen molar-refractivity contribution in [2.75, 3.05) is 4.90 Å². The molecule has 0 radical (unpaired) electrons. The van der Waals surface area contributed by atoms with Gasteiger partial charge in [0.25, 0.3) is 0 Å². The molecule has 0 fully saturated rings. The zero-order valence-corrected chi connectivity index (χ0v) is 12.3. The highest BCUT2D eigenvalue weighted by Crippen LogP contribution is 2.27. The van der Waals surface area contributed by atoms with E-state index in [4.69, 9.17) is 0 Å². The third kappa shape index (κ3) is 3.07. The Morgan fingerprint density at radius 2 is 2.18 bits per heavy atom. The van der Waals surface area contributed by atoms with Crippen LogP contribution in [0.5, 0.6) is 0 Å². The van der Waals surface area contributed by atoms with Gasteiger partial charge in [0, 0.05) is 17.1 Å². The Morgan fingerprint density at radius 3 is 2.76 bits per heavy atom. The number of hydrogen-bond acceptors (Lipinski definition) is 3. The highest BCUT2D eigenvalue weighted by molar-refractivity contribution is 9.10. The molecule has 0 aromatic carbocycles. The lowest BCUT2D eigenvalue weighted by Gasteiger charge is -2.28. The summed E-state index contributed by atoms with van der Waals surface area (Å²) in [6.07, 6.45) is 1.84. The summed E-state index contributed by atoms with van der Waals surface area (Å²) in [4.78, 5) is 8.12. The maximum absolute atomic E-state index is 4.46. The monoisotopic (exact) mass is 310 g/mol. The molecule has 0 atom stereocenters. The van der Waals surface area contributed by atoms with Crippen LogP contribution in [0, 0.1) is 0 Å². The van der Waals surface area contributed by atoms with Crippen molar-refractivity contribution in [1.29, 1.82) is 0 Å². The average molecular weight is 311 g/mol. The van der Waals surface area contributed by atoms with Crippen molar-refractivity contribution in [3.8, 4) is 0 Å². The van der Waals surface area contributed by atoms with Gasteiger partial charge < -0.3 is 4.90 Å². The van der Waals surface area contributed by atoms with E-state index in [1.807, 2.05) is 18.3 Å². The maximum atomic E-state index is 4.46. The van der Waals surface area contributed by atoms with Gasteiger partial charge in [0.05, 0.1) is 11.0 Å². The average Bonchev–Trinajstić information content (AvgIpc) is 2.79. The molecular formula is C13H15BrN2S. The second-order valence-corrected chi connectivity index (χ2v) is 6.00. The Bertz CT molecular complexity index is 468. The molecule has 2 rings (SSSR count). The third-order valence-electron chi connectivity index (χ3n) is 2.54. The Labute approximate surface area is 114 Å². The van der Waals surface area contributed by atoms with E-state index < -0.39 is 0 Å². The van der Waals surface area contributed by atoms with Gasteiger partial charge in [-0.05, 0) is 53.4 Å². The molecule has 0 saturated heterocycles. The van der Waals surface area contributed by atoms with Crippen LogP contribution in [0.1, 0.15) is 18.7 Å². The minimum absolute atomic E-state index is 0.420. The van der Waals surface area contributed by atoms with Crippen molar-refractivity contribution in [2.24, 2.45) is 0 Å². The molecule has 0 unspecified atom stereocenters. The van der Waals surface area contributed by atoms with E-state index in [0.29, 0.717) is 6.04 Å². The van der Waals surface area contributed by atoms with Gasteiger partial charge in [0.1, 0.15) is 5.82 Å². The van der Waals surface area contributed by atoms with E-state index in [9.17, 15) is 0 Å². The fraction of sp³-hybridized carbons (Fsp3) is 0.308. The molecule has 2 nitrogen and oxygen atoms in total. The van der Waals surface area contributed by atoms with Crippen LogP contribution in [0.25, 0.3) is 0 Å². The summed E-state index contributed by atoms with van der Waals surface area (Å²) in [5, 5.41) is 2.11. The summed E-state index contributed by atoms with van der Waals surface area (Å²) in [6.45, 7) is 5.29. The van der Waals surface area contributed by atoms with E-state index in [-0.39, 0.29) is 0 Å². The number of nitrogens with zero attached hydrogens (tertiary/aromatic N) is 2. The molecule has 0 amide bonds. The highest BCUT2D eigenvalue weighted by atomic mass is 79.9. The van der Waals surface area contributed by atoms with Gasteiger partial charge in [0.15, 0.2) is 0 Å². The fourth-order valence-electron chi connectivity index (χ4n) is 1.66. The number of thiophene rings is 1. The summed E-state index contributed by atoms with van der Waals surface area (Å²) >= 11 is 5.35. The minimum atomic E-state index is 0.420. The van der Waals surface area contributed by atoms with E-state index >= 15 is 0 Å². The molecule has 17 heavy (non-hydrogen) atoms. The van der Waals surface area contributed by atoms with Gasteiger partial charge in [-0.1, -0.05) is 6.07 Å². The Kier molecular flexibility index (Phi) is 4.18. The van der Waals surface area contributed by atoms with Gasteiger partial charge in [-0.3, -0.25) is 0 Å². The topological polar surface area (TPSA) is 16.1 Å². The second kappa shape index (κ2) is 5.65. The molecule has 2 aromatic rings. The molecule has 0 aliphatic carbocycles. The molecule has 0 bridgehead atoms. The van der Waals surface area contributed by atoms with Crippen LogP contribution in [0.4, 0.5) is 5.82 Å². The Balaban J connectivity index is 2.27. The quantitative estimate of drug-likeness (QED) is 0.836. The van der Waals surface area contributed by atoms with E-state index in [0.717, 1.165) is 16.8 Å². The summed E-state index contributed by atoms with van der Waals surface area (Å²) in [5.41, 5.74) is 0. The number of anilines is 1. The van der Waals surface area contributed by atoms with Crippen LogP contribution in [-0.2, 0) is 6.54 Å². The van der Waals surface area contributed by atoms with Crippen molar-refractivity contribution in [3.05, 3.63) is 45.2 Å². The molecule has 0 aliphatic rings. The van der Waals surface area contributed by atoms with Crippen molar-refractivity contribution in [2.45, 2.75) is 26.4 Å². The lowest BCUT2D eigenvalue weighted by Crippen LogP contribution is -2.30. The molecule has 2 heterocycles. The first kappa shape index (κ1) is 12.6. The van der Waals surface area contributed by atoms with Crippen molar-refractivity contribution < 1.29 is 0 Å². The Hall–Kier alpha value is -0.870. The molecule has 4 heteroatoms. The third-order valence-corrected chi connectivity index (χ3v) is 4.02. The summed E-state index contributed by atoms with van der Waals surface area (Å²) < 4.78 is 1.05. The van der Waals surface area contributed by atoms with Crippen LogP contribution in [0.3, 0.4) is 0 Å². The lowest BCUT2D eigenvalue weighted by molar-refractivity contribution is 0.675.